The van der Waals surface area contributed by atoms with E-state index in [1.807, 2.05) is 0 Å². The summed E-state index contributed by atoms with van der Waals surface area (Å²) in [6.45, 7) is 1.79. The summed E-state index contributed by atoms with van der Waals surface area (Å²) in [7, 11) is 0. The summed E-state index contributed by atoms with van der Waals surface area (Å²) in [4.78, 5) is 17.8. The molecule has 3 rings (SSSR count). The summed E-state index contributed by atoms with van der Waals surface area (Å²) in [5.74, 6) is -0.480. The van der Waals surface area contributed by atoms with Gasteiger partial charge in [-0.2, -0.15) is 4.98 Å². The van der Waals surface area contributed by atoms with Crippen LogP contribution in [0.1, 0.15) is 34.5 Å². The van der Waals surface area contributed by atoms with Crippen LogP contribution in [0.4, 0.5) is 4.39 Å². The number of likely N-dealkylation sites (tertiary alicyclic amines) is 1. The number of β-amino-alcohol motifs (C(OH)–C–C–N with tert-alkyl or cyclic N) is 1. The average molecular weight is 291 g/mol. The van der Waals surface area contributed by atoms with Gasteiger partial charge in [-0.3, -0.25) is 4.79 Å². The zero-order valence-corrected chi connectivity index (χ0v) is 11.4. The topological polar surface area (TPSA) is 79.5 Å². The van der Waals surface area contributed by atoms with Gasteiger partial charge in [0.25, 0.3) is 11.7 Å². The van der Waals surface area contributed by atoms with E-state index in [4.69, 9.17) is 4.52 Å². The number of hydrogen-bond donors (Lipinski definition) is 1. The van der Waals surface area contributed by atoms with Crippen LogP contribution in [0.2, 0.25) is 0 Å². The minimum absolute atomic E-state index is 0.0336. The number of aryl methyl sites for hydroxylation is 1. The molecule has 6 nitrogen and oxygen atoms in total. The molecule has 0 radical (unpaired) electrons. The highest BCUT2D eigenvalue weighted by Gasteiger charge is 2.37. The molecule has 0 unspecified atom stereocenters. The highest BCUT2D eigenvalue weighted by Crippen LogP contribution is 2.33. The first-order chi connectivity index (χ1) is 10.0. The molecular formula is C14H14FN3O3. The summed E-state index contributed by atoms with van der Waals surface area (Å²) < 4.78 is 17.8. The van der Waals surface area contributed by atoms with Gasteiger partial charge in [0, 0.05) is 13.5 Å². The summed E-state index contributed by atoms with van der Waals surface area (Å²) in [6.07, 6.45) is -0.231. The number of halogens is 1. The molecule has 1 aromatic carbocycles. The van der Waals surface area contributed by atoms with Crippen LogP contribution >= 0.6 is 0 Å². The molecule has 1 amide bonds. The summed E-state index contributed by atoms with van der Waals surface area (Å²) in [5.41, 5.74) is 0.765. The zero-order chi connectivity index (χ0) is 15.0. The molecule has 21 heavy (non-hydrogen) atoms. The lowest BCUT2D eigenvalue weighted by atomic mass is 10.0. The van der Waals surface area contributed by atoms with Crippen molar-refractivity contribution in [2.24, 2.45) is 0 Å². The van der Waals surface area contributed by atoms with Crippen LogP contribution in [0.3, 0.4) is 0 Å². The second-order valence-electron chi connectivity index (χ2n) is 5.05. The molecule has 1 aliphatic heterocycles. The number of rotatable bonds is 2. The Balaban J connectivity index is 1.88. The third kappa shape index (κ3) is 2.64. The van der Waals surface area contributed by atoms with Gasteiger partial charge in [-0.1, -0.05) is 17.3 Å². The molecule has 0 saturated carbocycles. The average Bonchev–Trinajstić information content (AvgIpc) is 3.05. The number of aromatic nitrogens is 2. The molecule has 7 heteroatoms. The highest BCUT2D eigenvalue weighted by molar-refractivity contribution is 5.90. The first kappa shape index (κ1) is 13.7. The Morgan fingerprint density at radius 2 is 2.14 bits per heavy atom. The smallest absolute Gasteiger partial charge is 0.295 e. The van der Waals surface area contributed by atoms with Gasteiger partial charge in [-0.05, 0) is 24.1 Å². The Morgan fingerprint density at radius 3 is 2.76 bits per heavy atom. The molecule has 0 spiro atoms. The molecule has 1 aliphatic rings. The quantitative estimate of drug-likeness (QED) is 0.906. The van der Waals surface area contributed by atoms with Crippen LogP contribution in [0.25, 0.3) is 0 Å². The lowest BCUT2D eigenvalue weighted by Crippen LogP contribution is -2.32. The largest absolute Gasteiger partial charge is 0.391 e. The van der Waals surface area contributed by atoms with Crippen molar-refractivity contribution in [1.29, 1.82) is 0 Å². The number of carbonyl (C=O) groups excluding carboxylic acids is 1. The van der Waals surface area contributed by atoms with Crippen molar-refractivity contribution in [1.82, 2.24) is 15.0 Å². The van der Waals surface area contributed by atoms with E-state index in [0.717, 1.165) is 5.56 Å². The molecule has 2 atom stereocenters. The lowest BCUT2D eigenvalue weighted by Gasteiger charge is -2.23. The van der Waals surface area contributed by atoms with Crippen molar-refractivity contribution in [3.63, 3.8) is 0 Å². The molecule has 2 heterocycles. The van der Waals surface area contributed by atoms with Crippen molar-refractivity contribution in [2.75, 3.05) is 6.54 Å². The summed E-state index contributed by atoms with van der Waals surface area (Å²) in [5, 5.41) is 13.5. The lowest BCUT2D eigenvalue weighted by molar-refractivity contribution is 0.0700. The van der Waals surface area contributed by atoms with E-state index in [1.54, 1.807) is 19.1 Å². The molecule has 0 bridgehead atoms. The fourth-order valence-corrected chi connectivity index (χ4v) is 2.55. The predicted molar refractivity (Wildman–Crippen MR) is 69.8 cm³/mol. The van der Waals surface area contributed by atoms with Crippen LogP contribution in [0.15, 0.2) is 28.8 Å². The standard InChI is InChI=1S/C14H14FN3O3/c1-8-16-13(17-21-8)14(20)18-7-11(19)6-12(18)9-2-4-10(15)5-3-9/h2-5,11-12,19H,6-7H2,1H3/t11-,12-/m1/s1. The minimum atomic E-state index is -0.628. The Hall–Kier alpha value is -2.28. The Bertz CT molecular complexity index is 656. The van der Waals surface area contributed by atoms with E-state index in [0.29, 0.717) is 12.3 Å². The van der Waals surface area contributed by atoms with Crippen molar-refractivity contribution >= 4 is 5.91 Å². The monoisotopic (exact) mass is 291 g/mol. The Kier molecular flexibility index (Phi) is 3.42. The molecule has 0 aliphatic carbocycles. The van der Waals surface area contributed by atoms with E-state index >= 15 is 0 Å². The van der Waals surface area contributed by atoms with Gasteiger partial charge < -0.3 is 14.5 Å². The van der Waals surface area contributed by atoms with E-state index in [9.17, 15) is 14.3 Å². The second kappa shape index (κ2) is 5.25. The molecule has 110 valence electrons. The third-order valence-corrected chi connectivity index (χ3v) is 3.51. The van der Waals surface area contributed by atoms with Crippen molar-refractivity contribution < 1.29 is 18.8 Å². The maximum absolute atomic E-state index is 13.0. The van der Waals surface area contributed by atoms with Crippen LogP contribution in [-0.4, -0.2) is 38.7 Å². The van der Waals surface area contributed by atoms with Crippen LogP contribution in [-0.2, 0) is 0 Å². The SMILES string of the molecule is Cc1nc(C(=O)N2C[C@H](O)C[C@@H]2c2ccc(F)cc2)no1. The van der Waals surface area contributed by atoms with Gasteiger partial charge in [0.1, 0.15) is 5.82 Å². The van der Waals surface area contributed by atoms with Gasteiger partial charge in [0.15, 0.2) is 0 Å². The van der Waals surface area contributed by atoms with Gasteiger partial charge >= 0.3 is 0 Å². The molecular weight excluding hydrogens is 277 g/mol. The van der Waals surface area contributed by atoms with Gasteiger partial charge in [-0.15, -0.1) is 0 Å². The number of hydrogen-bond acceptors (Lipinski definition) is 5. The number of amides is 1. The zero-order valence-electron chi connectivity index (χ0n) is 11.4. The maximum Gasteiger partial charge on any atom is 0.295 e. The fraction of sp³-hybridized carbons (Fsp3) is 0.357. The van der Waals surface area contributed by atoms with E-state index in [2.05, 4.69) is 10.1 Å². The Labute approximate surface area is 120 Å². The normalized spacial score (nSPS) is 21.8. The van der Waals surface area contributed by atoms with E-state index in [1.165, 1.54) is 17.0 Å². The van der Waals surface area contributed by atoms with Crippen molar-refractivity contribution in [2.45, 2.75) is 25.5 Å². The fourth-order valence-electron chi connectivity index (χ4n) is 2.55. The highest BCUT2D eigenvalue weighted by atomic mass is 19.1. The predicted octanol–water partition coefficient (Wildman–Crippen LogP) is 1.47. The maximum atomic E-state index is 13.0. The van der Waals surface area contributed by atoms with Crippen LogP contribution in [0.5, 0.6) is 0 Å². The van der Waals surface area contributed by atoms with Gasteiger partial charge in [0.05, 0.1) is 12.1 Å². The molecule has 1 N–H and O–H groups in total. The number of nitrogens with zero attached hydrogens (tertiary/aromatic N) is 3. The van der Waals surface area contributed by atoms with Crippen LogP contribution in [0, 0.1) is 12.7 Å². The van der Waals surface area contributed by atoms with Gasteiger partial charge in [0.2, 0.25) is 5.89 Å². The first-order valence-corrected chi connectivity index (χ1v) is 6.59. The Morgan fingerprint density at radius 1 is 1.43 bits per heavy atom. The third-order valence-electron chi connectivity index (χ3n) is 3.51. The first-order valence-electron chi connectivity index (χ1n) is 6.59. The van der Waals surface area contributed by atoms with E-state index in [-0.39, 0.29) is 24.2 Å². The molecule has 2 aromatic rings. The number of aliphatic hydroxyl groups excluding tert-OH is 1. The number of carbonyl (C=O) groups is 1. The number of benzene rings is 1. The van der Waals surface area contributed by atoms with Crippen LogP contribution < -0.4 is 0 Å². The molecule has 1 saturated heterocycles. The van der Waals surface area contributed by atoms with E-state index < -0.39 is 12.0 Å². The van der Waals surface area contributed by atoms with Crippen molar-refractivity contribution in [3.05, 3.63) is 47.4 Å². The molecule has 1 aromatic heterocycles. The summed E-state index contributed by atoms with van der Waals surface area (Å²) >= 11 is 0. The summed E-state index contributed by atoms with van der Waals surface area (Å²) in [6, 6.07) is 5.56. The van der Waals surface area contributed by atoms with Gasteiger partial charge in [-0.25, -0.2) is 4.39 Å². The van der Waals surface area contributed by atoms with Crippen molar-refractivity contribution in [3.8, 4) is 0 Å². The minimum Gasteiger partial charge on any atom is -0.391 e. The molecule has 1 fully saturated rings. The second-order valence-corrected chi connectivity index (χ2v) is 5.05. The number of aliphatic hydroxyl groups is 1.